The Balaban J connectivity index is 1.94. The van der Waals surface area contributed by atoms with Crippen molar-refractivity contribution in [2.45, 2.75) is 58.5 Å². The average molecular weight is 338 g/mol. The number of amides is 1. The van der Waals surface area contributed by atoms with Crippen LogP contribution in [0.2, 0.25) is 0 Å². The predicted octanol–water partition coefficient (Wildman–Crippen LogP) is 2.49. The molecule has 1 amide bonds. The molecular formula is C16H26N4O4. The van der Waals surface area contributed by atoms with Crippen molar-refractivity contribution in [3.05, 3.63) is 11.4 Å². The number of hydrogen-bond acceptors (Lipinski definition) is 6. The van der Waals surface area contributed by atoms with E-state index < -0.39 is 11.6 Å². The van der Waals surface area contributed by atoms with Crippen LogP contribution in [0.15, 0.2) is 0 Å². The fourth-order valence-electron chi connectivity index (χ4n) is 2.60. The van der Waals surface area contributed by atoms with E-state index in [2.05, 4.69) is 15.4 Å². The zero-order valence-corrected chi connectivity index (χ0v) is 14.8. The van der Waals surface area contributed by atoms with Gasteiger partial charge in [-0.3, -0.25) is 0 Å². The fraction of sp³-hybridized carbons (Fsp3) is 0.750. The molecule has 1 aliphatic heterocycles. The Morgan fingerprint density at radius 3 is 2.50 bits per heavy atom. The number of aromatic amines is 1. The number of ether oxygens (including phenoxy) is 2. The highest BCUT2D eigenvalue weighted by Crippen LogP contribution is 2.29. The maximum absolute atomic E-state index is 12.1. The van der Waals surface area contributed by atoms with Gasteiger partial charge in [0.2, 0.25) is 0 Å². The molecule has 2 heterocycles. The molecule has 1 saturated heterocycles. The predicted molar refractivity (Wildman–Crippen MR) is 86.7 cm³/mol. The Labute approximate surface area is 141 Å². The van der Waals surface area contributed by atoms with Gasteiger partial charge < -0.3 is 14.4 Å². The van der Waals surface area contributed by atoms with Crippen LogP contribution in [0, 0.1) is 0 Å². The van der Waals surface area contributed by atoms with E-state index in [-0.39, 0.29) is 17.7 Å². The van der Waals surface area contributed by atoms with Gasteiger partial charge in [0.25, 0.3) is 0 Å². The van der Waals surface area contributed by atoms with Gasteiger partial charge in [-0.1, -0.05) is 6.92 Å². The molecule has 0 aromatic carbocycles. The zero-order chi connectivity index (χ0) is 17.7. The lowest BCUT2D eigenvalue weighted by Crippen LogP contribution is -2.41. The summed E-state index contributed by atoms with van der Waals surface area (Å²) in [5.41, 5.74) is 0.370. The Hall–Kier alpha value is -2.12. The second-order valence-electron chi connectivity index (χ2n) is 6.94. The molecule has 1 aliphatic rings. The first-order valence-corrected chi connectivity index (χ1v) is 8.37. The van der Waals surface area contributed by atoms with Crippen molar-refractivity contribution in [1.82, 2.24) is 20.3 Å². The highest BCUT2D eigenvalue weighted by atomic mass is 16.6. The van der Waals surface area contributed by atoms with E-state index in [1.165, 1.54) is 0 Å². The van der Waals surface area contributed by atoms with Gasteiger partial charge in [0, 0.05) is 19.0 Å². The van der Waals surface area contributed by atoms with Gasteiger partial charge in [0.1, 0.15) is 11.3 Å². The van der Waals surface area contributed by atoms with Crippen molar-refractivity contribution in [3.8, 4) is 0 Å². The summed E-state index contributed by atoms with van der Waals surface area (Å²) in [5.74, 6) is -0.373. The molecule has 24 heavy (non-hydrogen) atoms. The van der Waals surface area contributed by atoms with Crippen LogP contribution in [-0.2, 0) is 9.47 Å². The summed E-state index contributed by atoms with van der Waals surface area (Å²) in [5, 5.41) is 10.6. The van der Waals surface area contributed by atoms with Crippen LogP contribution in [0.5, 0.6) is 0 Å². The lowest BCUT2D eigenvalue weighted by Gasteiger charge is -2.32. The summed E-state index contributed by atoms with van der Waals surface area (Å²) in [6.45, 7) is 8.97. The van der Waals surface area contributed by atoms with Crippen LogP contribution in [-0.4, -0.2) is 57.7 Å². The number of carbonyl (C=O) groups is 2. The fourth-order valence-corrected chi connectivity index (χ4v) is 2.60. The molecule has 134 valence electrons. The number of aromatic nitrogens is 3. The topological polar surface area (TPSA) is 97.4 Å². The first-order valence-electron chi connectivity index (χ1n) is 8.37. The van der Waals surface area contributed by atoms with E-state index in [4.69, 9.17) is 9.47 Å². The number of H-pyrrole nitrogens is 1. The van der Waals surface area contributed by atoms with E-state index in [9.17, 15) is 9.59 Å². The molecule has 1 aromatic rings. The Kier molecular flexibility index (Phi) is 5.80. The zero-order valence-electron chi connectivity index (χ0n) is 14.8. The molecule has 1 N–H and O–H groups in total. The molecule has 0 saturated carbocycles. The van der Waals surface area contributed by atoms with Gasteiger partial charge in [-0.25, -0.2) is 9.59 Å². The van der Waals surface area contributed by atoms with Crippen molar-refractivity contribution in [1.29, 1.82) is 0 Å². The quantitative estimate of drug-likeness (QED) is 0.847. The van der Waals surface area contributed by atoms with Gasteiger partial charge in [-0.15, -0.1) is 5.10 Å². The maximum Gasteiger partial charge on any atom is 0.410 e. The van der Waals surface area contributed by atoms with Crippen molar-refractivity contribution >= 4 is 12.1 Å². The van der Waals surface area contributed by atoms with Crippen LogP contribution >= 0.6 is 0 Å². The van der Waals surface area contributed by atoms with Gasteiger partial charge in [0.05, 0.1) is 6.61 Å². The third kappa shape index (κ3) is 4.69. The summed E-state index contributed by atoms with van der Waals surface area (Å²) < 4.78 is 10.5. The average Bonchev–Trinajstić information content (AvgIpc) is 3.00. The number of hydrogen-bond donors (Lipinski definition) is 1. The second kappa shape index (κ2) is 7.63. The van der Waals surface area contributed by atoms with Gasteiger partial charge in [0.15, 0.2) is 5.69 Å². The SMILES string of the molecule is CCCOC(=O)c1n[nH]nc1C1CCN(C(=O)OC(C)(C)C)CC1. The van der Waals surface area contributed by atoms with Gasteiger partial charge in [-0.05, 0) is 40.0 Å². The molecule has 0 unspecified atom stereocenters. The van der Waals surface area contributed by atoms with E-state index in [1.807, 2.05) is 27.7 Å². The van der Waals surface area contributed by atoms with Crippen LogP contribution in [0.3, 0.4) is 0 Å². The molecular weight excluding hydrogens is 312 g/mol. The number of rotatable bonds is 4. The monoisotopic (exact) mass is 338 g/mol. The molecule has 1 aromatic heterocycles. The summed E-state index contributed by atoms with van der Waals surface area (Å²) in [4.78, 5) is 25.8. The third-order valence-corrected chi connectivity index (χ3v) is 3.74. The van der Waals surface area contributed by atoms with Crippen LogP contribution in [0.4, 0.5) is 4.79 Å². The van der Waals surface area contributed by atoms with Crippen molar-refractivity contribution in [3.63, 3.8) is 0 Å². The number of piperidine rings is 1. The van der Waals surface area contributed by atoms with E-state index in [0.29, 0.717) is 38.2 Å². The highest BCUT2D eigenvalue weighted by molar-refractivity contribution is 5.88. The van der Waals surface area contributed by atoms with Crippen LogP contribution < -0.4 is 0 Å². The van der Waals surface area contributed by atoms with Gasteiger partial charge in [-0.2, -0.15) is 10.3 Å². The molecule has 1 fully saturated rings. The highest BCUT2D eigenvalue weighted by Gasteiger charge is 2.31. The van der Waals surface area contributed by atoms with E-state index in [1.54, 1.807) is 4.90 Å². The smallest absolute Gasteiger partial charge is 0.410 e. The molecule has 8 nitrogen and oxygen atoms in total. The number of nitrogens with one attached hydrogen (secondary N) is 1. The largest absolute Gasteiger partial charge is 0.461 e. The van der Waals surface area contributed by atoms with Crippen molar-refractivity contribution in [2.75, 3.05) is 19.7 Å². The van der Waals surface area contributed by atoms with E-state index in [0.717, 1.165) is 6.42 Å². The van der Waals surface area contributed by atoms with Gasteiger partial charge >= 0.3 is 12.1 Å². The molecule has 0 bridgehead atoms. The number of nitrogens with zero attached hydrogens (tertiary/aromatic N) is 3. The first-order chi connectivity index (χ1) is 11.3. The minimum atomic E-state index is -0.504. The second-order valence-corrected chi connectivity index (χ2v) is 6.94. The Morgan fingerprint density at radius 2 is 1.92 bits per heavy atom. The number of likely N-dealkylation sites (tertiary alicyclic amines) is 1. The Morgan fingerprint density at radius 1 is 1.25 bits per heavy atom. The molecule has 0 radical (unpaired) electrons. The number of esters is 1. The number of carbonyl (C=O) groups excluding carboxylic acids is 2. The van der Waals surface area contributed by atoms with Crippen molar-refractivity contribution < 1.29 is 19.1 Å². The molecule has 8 heteroatoms. The third-order valence-electron chi connectivity index (χ3n) is 3.74. The summed E-state index contributed by atoms with van der Waals surface area (Å²) in [7, 11) is 0. The summed E-state index contributed by atoms with van der Waals surface area (Å²) >= 11 is 0. The standard InChI is InChI=1S/C16H26N4O4/c1-5-10-23-14(21)13-12(17-19-18-13)11-6-8-20(9-7-11)15(22)24-16(2,3)4/h11H,5-10H2,1-4H3,(H,17,18,19). The summed E-state index contributed by atoms with van der Waals surface area (Å²) in [6, 6.07) is 0. The lowest BCUT2D eigenvalue weighted by molar-refractivity contribution is 0.0202. The van der Waals surface area contributed by atoms with Crippen LogP contribution in [0.25, 0.3) is 0 Å². The van der Waals surface area contributed by atoms with E-state index >= 15 is 0 Å². The molecule has 0 atom stereocenters. The molecule has 0 spiro atoms. The summed E-state index contributed by atoms with van der Waals surface area (Å²) in [6.07, 6.45) is 1.87. The molecule has 0 aliphatic carbocycles. The normalized spacial score (nSPS) is 16.1. The minimum Gasteiger partial charge on any atom is -0.461 e. The minimum absolute atomic E-state index is 0.0756. The van der Waals surface area contributed by atoms with Crippen molar-refractivity contribution in [2.24, 2.45) is 0 Å². The maximum atomic E-state index is 12.1. The molecule has 2 rings (SSSR count). The van der Waals surface area contributed by atoms with Crippen LogP contribution in [0.1, 0.15) is 69.1 Å². The Bertz CT molecular complexity index is 571. The first kappa shape index (κ1) is 18.2. The lowest BCUT2D eigenvalue weighted by atomic mass is 9.92.